The zero-order valence-electron chi connectivity index (χ0n) is 13.7. The Kier molecular flexibility index (Phi) is 4.41. The van der Waals surface area contributed by atoms with Crippen molar-refractivity contribution in [1.82, 2.24) is 4.57 Å². The second-order valence-electron chi connectivity index (χ2n) is 7.70. The van der Waals surface area contributed by atoms with Crippen LogP contribution >= 0.6 is 0 Å². The van der Waals surface area contributed by atoms with Gasteiger partial charge in [0.05, 0.1) is 0 Å². The van der Waals surface area contributed by atoms with Crippen molar-refractivity contribution < 1.29 is 4.79 Å². The van der Waals surface area contributed by atoms with Gasteiger partial charge in [0.1, 0.15) is 0 Å². The molecular formula is C18H29NO. The summed E-state index contributed by atoms with van der Waals surface area (Å²) in [6.45, 7) is 11.3. The van der Waals surface area contributed by atoms with E-state index >= 15 is 0 Å². The number of nitrogens with zero attached hydrogens (tertiary/aromatic N) is 1. The van der Waals surface area contributed by atoms with Crippen LogP contribution in [0, 0.1) is 11.3 Å². The van der Waals surface area contributed by atoms with Crippen LogP contribution in [0.15, 0.2) is 12.3 Å². The molecule has 1 atom stereocenters. The number of carbonyl (C=O) groups excluding carboxylic acids is 1. The Morgan fingerprint density at radius 2 is 1.90 bits per heavy atom. The fourth-order valence-corrected chi connectivity index (χ4v) is 3.34. The second kappa shape index (κ2) is 5.75. The lowest BCUT2D eigenvalue weighted by Crippen LogP contribution is -2.28. The van der Waals surface area contributed by atoms with Gasteiger partial charge in [-0.3, -0.25) is 4.79 Å². The molecule has 0 N–H and O–H groups in total. The molecule has 2 rings (SSSR count). The lowest BCUT2D eigenvalue weighted by molar-refractivity contribution is 0.0909. The van der Waals surface area contributed by atoms with Crippen molar-refractivity contribution in [2.24, 2.45) is 11.3 Å². The minimum Gasteiger partial charge on any atom is -0.348 e. The highest BCUT2D eigenvalue weighted by molar-refractivity contribution is 5.98. The summed E-state index contributed by atoms with van der Waals surface area (Å²) in [6, 6.07) is 2.53. The average molecular weight is 275 g/mol. The quantitative estimate of drug-likeness (QED) is 0.738. The van der Waals surface area contributed by atoms with Gasteiger partial charge in [-0.25, -0.2) is 0 Å². The van der Waals surface area contributed by atoms with Gasteiger partial charge in [0.2, 0.25) is 0 Å². The van der Waals surface area contributed by atoms with Gasteiger partial charge in [-0.05, 0) is 37.2 Å². The Balaban J connectivity index is 2.12. The largest absolute Gasteiger partial charge is 0.348 e. The summed E-state index contributed by atoms with van der Waals surface area (Å²) >= 11 is 0. The molecular weight excluding hydrogens is 246 g/mol. The summed E-state index contributed by atoms with van der Waals surface area (Å²) in [4.78, 5) is 12.2. The fraction of sp³-hybridized carbons (Fsp3) is 0.722. The van der Waals surface area contributed by atoms with Crippen LogP contribution in [0.1, 0.15) is 82.4 Å². The third-order valence-electron chi connectivity index (χ3n) is 4.49. The van der Waals surface area contributed by atoms with E-state index < -0.39 is 0 Å². The van der Waals surface area contributed by atoms with Crippen LogP contribution in [0.2, 0.25) is 0 Å². The molecule has 0 fully saturated rings. The van der Waals surface area contributed by atoms with Crippen molar-refractivity contribution >= 4 is 5.78 Å². The Hall–Kier alpha value is -1.05. The number of fused-ring (bicyclic) bond motifs is 1. The summed E-state index contributed by atoms with van der Waals surface area (Å²) in [7, 11) is 0. The van der Waals surface area contributed by atoms with E-state index in [1.807, 2.05) is 6.07 Å². The van der Waals surface area contributed by atoms with Crippen LogP contribution in [-0.4, -0.2) is 10.4 Å². The molecule has 1 aliphatic carbocycles. The van der Waals surface area contributed by atoms with E-state index in [1.165, 1.54) is 25.0 Å². The molecule has 1 heterocycles. The predicted molar refractivity (Wildman–Crippen MR) is 84.3 cm³/mol. The number of rotatable bonds is 5. The topological polar surface area (TPSA) is 22.0 Å². The smallest absolute Gasteiger partial charge is 0.165 e. The Morgan fingerprint density at radius 1 is 1.20 bits per heavy atom. The summed E-state index contributed by atoms with van der Waals surface area (Å²) in [5.74, 6) is 1.10. The summed E-state index contributed by atoms with van der Waals surface area (Å²) in [6.07, 6.45) is 7.60. The molecule has 0 saturated carbocycles. The van der Waals surface area contributed by atoms with Crippen LogP contribution in [0.3, 0.4) is 0 Å². The molecule has 0 aliphatic heterocycles. The van der Waals surface area contributed by atoms with E-state index in [9.17, 15) is 4.79 Å². The highest BCUT2D eigenvalue weighted by Crippen LogP contribution is 2.36. The molecule has 0 aromatic carbocycles. The first kappa shape index (κ1) is 15.3. The Morgan fingerprint density at radius 3 is 2.55 bits per heavy atom. The summed E-state index contributed by atoms with van der Waals surface area (Å²) in [5.41, 5.74) is 2.35. The van der Waals surface area contributed by atoms with E-state index in [-0.39, 0.29) is 5.41 Å². The lowest BCUT2D eigenvalue weighted by atomic mass is 9.76. The van der Waals surface area contributed by atoms with Crippen LogP contribution in [0.5, 0.6) is 0 Å². The lowest BCUT2D eigenvalue weighted by Gasteiger charge is -2.31. The predicted octanol–water partition coefficient (Wildman–Crippen LogP) is 5.03. The molecule has 1 unspecified atom stereocenters. The van der Waals surface area contributed by atoms with Gasteiger partial charge in [-0.2, -0.15) is 0 Å². The average Bonchev–Trinajstić information content (AvgIpc) is 2.70. The third kappa shape index (κ3) is 3.34. The van der Waals surface area contributed by atoms with Crippen LogP contribution in [-0.2, 0) is 6.42 Å². The number of hydrogen-bond acceptors (Lipinski definition) is 1. The van der Waals surface area contributed by atoms with Gasteiger partial charge in [0, 0.05) is 29.9 Å². The van der Waals surface area contributed by atoms with Gasteiger partial charge in [0.25, 0.3) is 0 Å². The first-order valence-electron chi connectivity index (χ1n) is 8.03. The van der Waals surface area contributed by atoms with Gasteiger partial charge < -0.3 is 4.57 Å². The SMILES string of the molecule is CC(C)CCCC(C)n1ccc2c1CC(C)(C)CC2=O. The molecule has 1 aromatic heterocycles. The maximum atomic E-state index is 12.2. The molecule has 112 valence electrons. The van der Waals surface area contributed by atoms with Gasteiger partial charge in [0.15, 0.2) is 5.78 Å². The fourth-order valence-electron chi connectivity index (χ4n) is 3.34. The molecule has 0 spiro atoms. The Labute approximate surface area is 123 Å². The number of aromatic nitrogens is 1. The van der Waals surface area contributed by atoms with Crippen molar-refractivity contribution in [3.63, 3.8) is 0 Å². The number of carbonyl (C=O) groups is 1. The minimum atomic E-state index is 0.109. The number of ketones is 1. The normalized spacial score (nSPS) is 19.2. The maximum Gasteiger partial charge on any atom is 0.165 e. The molecule has 0 radical (unpaired) electrons. The van der Waals surface area contributed by atoms with Crippen LogP contribution in [0.25, 0.3) is 0 Å². The highest BCUT2D eigenvalue weighted by Gasteiger charge is 2.33. The summed E-state index contributed by atoms with van der Waals surface area (Å²) < 4.78 is 2.36. The molecule has 2 heteroatoms. The molecule has 1 aromatic rings. The van der Waals surface area contributed by atoms with Crippen molar-refractivity contribution in [2.45, 2.75) is 72.8 Å². The zero-order chi connectivity index (χ0) is 14.9. The molecule has 0 bridgehead atoms. The first-order chi connectivity index (χ1) is 9.30. The van der Waals surface area contributed by atoms with Gasteiger partial charge in [-0.15, -0.1) is 0 Å². The standard InChI is InChI=1S/C18H29NO/c1-13(2)7-6-8-14(3)19-10-9-15-16(19)11-18(4,5)12-17(15)20/h9-10,13-14H,6-8,11-12H2,1-5H3. The van der Waals surface area contributed by atoms with Crippen LogP contribution in [0.4, 0.5) is 0 Å². The van der Waals surface area contributed by atoms with E-state index in [2.05, 4.69) is 45.4 Å². The third-order valence-corrected chi connectivity index (χ3v) is 4.49. The van der Waals surface area contributed by atoms with E-state index in [4.69, 9.17) is 0 Å². The molecule has 0 amide bonds. The Bertz CT molecular complexity index is 482. The molecule has 1 aliphatic rings. The zero-order valence-corrected chi connectivity index (χ0v) is 13.7. The van der Waals surface area contributed by atoms with Crippen LogP contribution < -0.4 is 0 Å². The molecule has 0 saturated heterocycles. The number of hydrogen-bond donors (Lipinski definition) is 0. The maximum absolute atomic E-state index is 12.2. The summed E-state index contributed by atoms with van der Waals surface area (Å²) in [5, 5.41) is 0. The first-order valence-corrected chi connectivity index (χ1v) is 8.03. The minimum absolute atomic E-state index is 0.109. The van der Waals surface area contributed by atoms with Crippen molar-refractivity contribution in [2.75, 3.05) is 0 Å². The molecule has 20 heavy (non-hydrogen) atoms. The van der Waals surface area contributed by atoms with Crippen molar-refractivity contribution in [1.29, 1.82) is 0 Å². The highest BCUT2D eigenvalue weighted by atomic mass is 16.1. The van der Waals surface area contributed by atoms with Gasteiger partial charge >= 0.3 is 0 Å². The van der Waals surface area contributed by atoms with E-state index in [1.54, 1.807) is 0 Å². The van der Waals surface area contributed by atoms with Gasteiger partial charge in [-0.1, -0.05) is 40.5 Å². The van der Waals surface area contributed by atoms with E-state index in [0.29, 0.717) is 18.2 Å². The molecule has 2 nitrogen and oxygen atoms in total. The number of Topliss-reactive ketones (excluding diaryl/α,β-unsaturated/α-hetero) is 1. The monoisotopic (exact) mass is 275 g/mol. The second-order valence-corrected chi connectivity index (χ2v) is 7.70. The van der Waals surface area contributed by atoms with E-state index in [0.717, 1.165) is 17.9 Å². The van der Waals surface area contributed by atoms with Crippen molar-refractivity contribution in [3.8, 4) is 0 Å². The van der Waals surface area contributed by atoms with Crippen molar-refractivity contribution in [3.05, 3.63) is 23.5 Å².